The predicted octanol–water partition coefficient (Wildman–Crippen LogP) is 3.06. The van der Waals surface area contributed by atoms with Crippen molar-refractivity contribution in [3.63, 3.8) is 0 Å². The van der Waals surface area contributed by atoms with Gasteiger partial charge in [-0.3, -0.25) is 9.59 Å². The molecule has 0 radical (unpaired) electrons. The van der Waals surface area contributed by atoms with E-state index in [0.29, 0.717) is 18.7 Å². The second kappa shape index (κ2) is 6.43. The van der Waals surface area contributed by atoms with Crippen molar-refractivity contribution in [1.82, 2.24) is 9.88 Å². The van der Waals surface area contributed by atoms with Crippen molar-refractivity contribution in [2.45, 2.75) is 40.2 Å². The third kappa shape index (κ3) is 4.10. The maximum absolute atomic E-state index is 12.1. The normalized spacial score (nSPS) is 11.7. The molecule has 20 heavy (non-hydrogen) atoms. The highest BCUT2D eigenvalue weighted by molar-refractivity contribution is 9.10. The lowest BCUT2D eigenvalue weighted by Gasteiger charge is -2.19. The van der Waals surface area contributed by atoms with E-state index in [2.05, 4.69) is 21.2 Å². The maximum Gasteiger partial charge on any atom is 0.309 e. The van der Waals surface area contributed by atoms with E-state index in [9.17, 15) is 9.59 Å². The summed E-state index contributed by atoms with van der Waals surface area (Å²) < 4.78 is 2.73. The smallest absolute Gasteiger partial charge is 0.309 e. The molecule has 0 bridgehead atoms. The second-order valence-corrected chi connectivity index (χ2v) is 6.66. The average Bonchev–Trinajstić information content (AvgIpc) is 2.71. The summed E-state index contributed by atoms with van der Waals surface area (Å²) >= 11 is 3.36. The number of carboxylic acid groups (broad SMARTS) is 1. The Morgan fingerprint density at radius 1 is 1.45 bits per heavy atom. The molecule has 0 fully saturated rings. The zero-order valence-electron chi connectivity index (χ0n) is 12.2. The van der Waals surface area contributed by atoms with Crippen molar-refractivity contribution in [2.75, 3.05) is 6.54 Å². The molecular weight excluding hydrogens is 324 g/mol. The van der Waals surface area contributed by atoms with Crippen LogP contribution in [0.4, 0.5) is 0 Å². The van der Waals surface area contributed by atoms with Crippen molar-refractivity contribution in [1.29, 1.82) is 0 Å². The van der Waals surface area contributed by atoms with E-state index >= 15 is 0 Å². The number of carbonyl (C=O) groups excluding carboxylic acids is 1. The van der Waals surface area contributed by atoms with Crippen LogP contribution in [-0.2, 0) is 4.79 Å². The molecule has 0 aliphatic carbocycles. The van der Waals surface area contributed by atoms with Gasteiger partial charge in [0.2, 0.25) is 0 Å². The van der Waals surface area contributed by atoms with E-state index in [1.54, 1.807) is 19.9 Å². The lowest BCUT2D eigenvalue weighted by Crippen LogP contribution is -2.32. The van der Waals surface area contributed by atoms with Gasteiger partial charge in [0.1, 0.15) is 5.69 Å². The minimum Gasteiger partial charge on any atom is -0.481 e. The number of aromatic nitrogens is 1. The molecule has 0 aliphatic heterocycles. The van der Waals surface area contributed by atoms with Gasteiger partial charge in [0, 0.05) is 23.3 Å². The highest BCUT2D eigenvalue weighted by atomic mass is 79.9. The number of aliphatic carboxylic acids is 1. The first kappa shape index (κ1) is 16.8. The summed E-state index contributed by atoms with van der Waals surface area (Å²) in [6.07, 6.45) is 2.25. The van der Waals surface area contributed by atoms with Crippen LogP contribution in [0.25, 0.3) is 0 Å². The summed E-state index contributed by atoms with van der Waals surface area (Å²) in [5.41, 5.74) is -0.270. The van der Waals surface area contributed by atoms with Gasteiger partial charge in [0.05, 0.1) is 5.41 Å². The molecule has 0 aromatic carbocycles. The van der Waals surface area contributed by atoms with Gasteiger partial charge in [0.25, 0.3) is 5.91 Å². The Kier molecular flexibility index (Phi) is 5.39. The van der Waals surface area contributed by atoms with Gasteiger partial charge in [-0.2, -0.15) is 0 Å². The lowest BCUT2D eigenvalue weighted by molar-refractivity contribution is -0.147. The maximum atomic E-state index is 12.1. The van der Waals surface area contributed by atoms with E-state index in [-0.39, 0.29) is 11.9 Å². The average molecular weight is 345 g/mol. The number of rotatable bonds is 6. The van der Waals surface area contributed by atoms with Gasteiger partial charge in [-0.1, -0.05) is 0 Å². The van der Waals surface area contributed by atoms with E-state index in [4.69, 9.17) is 5.11 Å². The number of nitrogens with zero attached hydrogens (tertiary/aromatic N) is 1. The van der Waals surface area contributed by atoms with Crippen LogP contribution in [0.5, 0.6) is 0 Å². The molecule has 6 heteroatoms. The molecule has 1 aromatic heterocycles. The van der Waals surface area contributed by atoms with Crippen molar-refractivity contribution >= 4 is 27.8 Å². The summed E-state index contributed by atoms with van der Waals surface area (Å²) in [4.78, 5) is 23.1. The number of carboxylic acids is 1. The van der Waals surface area contributed by atoms with Gasteiger partial charge in [0.15, 0.2) is 0 Å². The molecule has 1 heterocycles. The van der Waals surface area contributed by atoms with E-state index < -0.39 is 11.4 Å². The molecular formula is C14H21BrN2O3. The summed E-state index contributed by atoms with van der Waals surface area (Å²) in [6, 6.07) is 1.94. The Labute approximate surface area is 127 Å². The highest BCUT2D eigenvalue weighted by Crippen LogP contribution is 2.21. The Morgan fingerprint density at radius 2 is 2.05 bits per heavy atom. The number of hydrogen-bond donors (Lipinski definition) is 2. The Balaban J connectivity index is 2.67. The van der Waals surface area contributed by atoms with Crippen LogP contribution < -0.4 is 5.32 Å². The highest BCUT2D eigenvalue weighted by Gasteiger charge is 2.26. The van der Waals surface area contributed by atoms with Gasteiger partial charge in [-0.25, -0.2) is 0 Å². The van der Waals surface area contributed by atoms with Crippen molar-refractivity contribution in [3.8, 4) is 0 Å². The van der Waals surface area contributed by atoms with Crippen LogP contribution in [0.15, 0.2) is 16.7 Å². The van der Waals surface area contributed by atoms with Crippen LogP contribution in [-0.4, -0.2) is 28.1 Å². The fourth-order valence-electron chi connectivity index (χ4n) is 1.74. The summed E-state index contributed by atoms with van der Waals surface area (Å²) in [7, 11) is 0. The predicted molar refractivity (Wildman–Crippen MR) is 80.9 cm³/mol. The minimum atomic E-state index is -0.861. The monoisotopic (exact) mass is 344 g/mol. The van der Waals surface area contributed by atoms with Gasteiger partial charge >= 0.3 is 5.97 Å². The Morgan fingerprint density at radius 3 is 2.55 bits per heavy atom. The second-order valence-electron chi connectivity index (χ2n) is 5.74. The molecule has 0 aliphatic rings. The summed E-state index contributed by atoms with van der Waals surface area (Å²) in [5, 5.41) is 11.8. The molecule has 1 aromatic rings. The number of amides is 1. The topological polar surface area (TPSA) is 71.3 Å². The van der Waals surface area contributed by atoms with Crippen LogP contribution >= 0.6 is 15.9 Å². The van der Waals surface area contributed by atoms with Gasteiger partial charge in [-0.05, 0) is 56.1 Å². The number of hydrogen-bond acceptors (Lipinski definition) is 2. The zero-order chi connectivity index (χ0) is 15.5. The minimum absolute atomic E-state index is 0.178. The van der Waals surface area contributed by atoms with Crippen molar-refractivity contribution in [3.05, 3.63) is 22.4 Å². The Hall–Kier alpha value is -1.30. The molecule has 0 saturated heterocycles. The summed E-state index contributed by atoms with van der Waals surface area (Å²) in [6.45, 7) is 7.62. The third-order valence-corrected chi connectivity index (χ3v) is 3.65. The fraction of sp³-hybridized carbons (Fsp3) is 0.571. The zero-order valence-corrected chi connectivity index (χ0v) is 13.8. The number of nitrogens with one attached hydrogen (secondary N) is 1. The molecule has 2 N–H and O–H groups in total. The van der Waals surface area contributed by atoms with Crippen LogP contribution in [0.2, 0.25) is 0 Å². The first-order valence-electron chi connectivity index (χ1n) is 6.54. The van der Waals surface area contributed by atoms with E-state index in [0.717, 1.165) is 4.47 Å². The van der Waals surface area contributed by atoms with Gasteiger partial charge < -0.3 is 15.0 Å². The first-order chi connectivity index (χ1) is 9.15. The van der Waals surface area contributed by atoms with E-state index in [1.807, 2.05) is 24.6 Å². The Bertz CT molecular complexity index is 507. The molecule has 5 nitrogen and oxygen atoms in total. The van der Waals surface area contributed by atoms with Crippen molar-refractivity contribution < 1.29 is 14.7 Å². The number of halogens is 1. The lowest BCUT2D eigenvalue weighted by atomic mass is 9.90. The van der Waals surface area contributed by atoms with Crippen molar-refractivity contribution in [2.24, 2.45) is 5.41 Å². The quantitative estimate of drug-likeness (QED) is 0.832. The molecule has 0 saturated carbocycles. The molecule has 0 spiro atoms. The van der Waals surface area contributed by atoms with Crippen LogP contribution in [0.3, 0.4) is 0 Å². The first-order valence-corrected chi connectivity index (χ1v) is 7.33. The largest absolute Gasteiger partial charge is 0.481 e. The molecule has 1 amide bonds. The van der Waals surface area contributed by atoms with Crippen LogP contribution in [0, 0.1) is 5.41 Å². The fourth-order valence-corrected chi connectivity index (χ4v) is 2.18. The molecule has 0 atom stereocenters. The van der Waals surface area contributed by atoms with Gasteiger partial charge in [-0.15, -0.1) is 0 Å². The molecule has 112 valence electrons. The third-order valence-electron chi connectivity index (χ3n) is 3.22. The SMILES string of the molecule is CC(C)n1cc(Br)cc1C(=O)NCCC(C)(C)C(=O)O. The number of carbonyl (C=O) groups is 2. The summed E-state index contributed by atoms with van der Waals surface area (Å²) in [5.74, 6) is -1.05. The molecule has 0 unspecified atom stereocenters. The molecule has 1 rings (SSSR count). The standard InChI is InChI=1S/C14H21BrN2O3/c1-9(2)17-8-10(15)7-11(17)12(18)16-6-5-14(3,4)13(19)20/h7-9H,5-6H2,1-4H3,(H,16,18)(H,19,20). The van der Waals surface area contributed by atoms with Crippen LogP contribution in [0.1, 0.15) is 50.6 Å². The van der Waals surface area contributed by atoms with E-state index in [1.165, 1.54) is 0 Å².